The van der Waals surface area contributed by atoms with E-state index in [9.17, 15) is 19.7 Å². The van der Waals surface area contributed by atoms with Crippen molar-refractivity contribution in [2.75, 3.05) is 25.0 Å². The molecule has 0 aromatic heterocycles. The van der Waals surface area contributed by atoms with Gasteiger partial charge in [-0.25, -0.2) is 0 Å². The number of carbonyl (C=O) groups is 2. The first-order chi connectivity index (χ1) is 13.2. The largest absolute Gasteiger partial charge is 0.353 e. The van der Waals surface area contributed by atoms with Crippen LogP contribution in [0, 0.1) is 28.9 Å². The second-order valence-electron chi connectivity index (χ2n) is 7.90. The fourth-order valence-corrected chi connectivity index (χ4v) is 3.16. The minimum Gasteiger partial charge on any atom is -0.353 e. The Kier molecular flexibility index (Phi) is 7.51. The minimum absolute atomic E-state index is 0.00238. The van der Waals surface area contributed by atoms with E-state index in [1.807, 2.05) is 11.8 Å². The molecule has 1 aliphatic rings. The molecule has 1 unspecified atom stereocenters. The fraction of sp³-hybridized carbons (Fsp3) is 0.600. The van der Waals surface area contributed by atoms with Crippen LogP contribution in [0.5, 0.6) is 0 Å². The van der Waals surface area contributed by atoms with Gasteiger partial charge in [-0.1, -0.05) is 13.8 Å². The zero-order chi connectivity index (χ0) is 20.8. The van der Waals surface area contributed by atoms with Gasteiger partial charge in [0.1, 0.15) is 0 Å². The third-order valence-corrected chi connectivity index (χ3v) is 5.39. The van der Waals surface area contributed by atoms with E-state index in [1.165, 1.54) is 12.1 Å². The number of nitro benzene ring substituents is 1. The smallest absolute Gasteiger partial charge is 0.269 e. The average Bonchev–Trinajstić information content (AvgIpc) is 2.63. The molecule has 0 bridgehead atoms. The maximum absolute atomic E-state index is 12.3. The van der Waals surface area contributed by atoms with Crippen molar-refractivity contribution in [3.05, 3.63) is 33.9 Å². The highest BCUT2D eigenvalue weighted by Crippen LogP contribution is 2.22. The standard InChI is InChI=1S/C20H30N4O4/c1-13(2)15(4)21-20(26)16-7-9-23(10-8-16)12-19(25)22-18-6-5-17(24(27)28)11-14(18)3/h5-6,11,13,15-16H,7-10,12H2,1-4H3,(H,21,26)(H,22,25). The summed E-state index contributed by atoms with van der Waals surface area (Å²) in [5.41, 5.74) is 1.23. The van der Waals surface area contributed by atoms with Crippen LogP contribution in [-0.2, 0) is 9.59 Å². The summed E-state index contributed by atoms with van der Waals surface area (Å²) in [4.78, 5) is 37.0. The van der Waals surface area contributed by atoms with Gasteiger partial charge >= 0.3 is 0 Å². The van der Waals surface area contributed by atoms with Crippen LogP contribution in [0.15, 0.2) is 18.2 Å². The van der Waals surface area contributed by atoms with E-state index in [-0.39, 0.29) is 36.0 Å². The maximum atomic E-state index is 12.3. The number of nitrogens with one attached hydrogen (secondary N) is 2. The number of hydrogen-bond donors (Lipinski definition) is 2. The van der Waals surface area contributed by atoms with E-state index in [0.29, 0.717) is 30.3 Å². The number of amides is 2. The molecule has 1 fully saturated rings. The molecular weight excluding hydrogens is 360 g/mol. The van der Waals surface area contributed by atoms with E-state index in [4.69, 9.17) is 0 Å². The molecule has 0 radical (unpaired) electrons. The SMILES string of the molecule is Cc1cc([N+](=O)[O-])ccc1NC(=O)CN1CCC(C(=O)NC(C)C(C)C)CC1. The molecule has 1 atom stereocenters. The first kappa shape index (κ1) is 21.8. The number of rotatable bonds is 7. The van der Waals surface area contributed by atoms with Crippen molar-refractivity contribution < 1.29 is 14.5 Å². The molecule has 1 aromatic rings. The molecule has 154 valence electrons. The first-order valence-corrected chi connectivity index (χ1v) is 9.75. The Labute approximate surface area is 165 Å². The number of piperidine rings is 1. The van der Waals surface area contributed by atoms with E-state index < -0.39 is 4.92 Å². The van der Waals surface area contributed by atoms with Crippen molar-refractivity contribution in [1.29, 1.82) is 0 Å². The third-order valence-electron chi connectivity index (χ3n) is 5.39. The Morgan fingerprint density at radius 2 is 1.89 bits per heavy atom. The lowest BCUT2D eigenvalue weighted by atomic mass is 9.95. The highest BCUT2D eigenvalue weighted by molar-refractivity contribution is 5.93. The normalized spacial score (nSPS) is 16.6. The van der Waals surface area contributed by atoms with Crippen LogP contribution in [0.3, 0.4) is 0 Å². The molecular formula is C20H30N4O4. The number of nitrogens with zero attached hydrogens (tertiary/aromatic N) is 2. The molecule has 28 heavy (non-hydrogen) atoms. The van der Waals surface area contributed by atoms with Crippen LogP contribution in [0.1, 0.15) is 39.2 Å². The second-order valence-corrected chi connectivity index (χ2v) is 7.90. The minimum atomic E-state index is -0.458. The molecule has 1 aromatic carbocycles. The Morgan fingerprint density at radius 3 is 2.43 bits per heavy atom. The van der Waals surface area contributed by atoms with Crippen LogP contribution >= 0.6 is 0 Å². The third kappa shape index (κ3) is 6.02. The summed E-state index contributed by atoms with van der Waals surface area (Å²) in [6.45, 7) is 9.54. The van der Waals surface area contributed by atoms with E-state index >= 15 is 0 Å². The molecule has 1 heterocycles. The van der Waals surface area contributed by atoms with Gasteiger partial charge in [0, 0.05) is 29.8 Å². The monoisotopic (exact) mass is 390 g/mol. The molecule has 8 nitrogen and oxygen atoms in total. The summed E-state index contributed by atoms with van der Waals surface area (Å²) >= 11 is 0. The van der Waals surface area contributed by atoms with Crippen molar-refractivity contribution in [3.63, 3.8) is 0 Å². The topological polar surface area (TPSA) is 105 Å². The maximum Gasteiger partial charge on any atom is 0.269 e. The number of anilines is 1. The summed E-state index contributed by atoms with van der Waals surface area (Å²) in [5.74, 6) is 0.341. The summed E-state index contributed by atoms with van der Waals surface area (Å²) in [5, 5.41) is 16.7. The van der Waals surface area contributed by atoms with Gasteiger partial charge in [0.15, 0.2) is 0 Å². The number of nitro groups is 1. The molecule has 0 saturated carbocycles. The van der Waals surface area contributed by atoms with Crippen molar-refractivity contribution >= 4 is 23.2 Å². The van der Waals surface area contributed by atoms with E-state index in [0.717, 1.165) is 12.8 Å². The molecule has 8 heteroatoms. The molecule has 2 amide bonds. The molecule has 0 spiro atoms. The van der Waals surface area contributed by atoms with Crippen molar-refractivity contribution in [2.24, 2.45) is 11.8 Å². The quantitative estimate of drug-likeness (QED) is 0.550. The molecule has 2 rings (SSSR count). The Balaban J connectivity index is 1.80. The number of benzene rings is 1. The van der Waals surface area contributed by atoms with Gasteiger partial charge in [-0.3, -0.25) is 24.6 Å². The van der Waals surface area contributed by atoms with Crippen molar-refractivity contribution in [2.45, 2.75) is 46.6 Å². The predicted octanol–water partition coefficient (Wildman–Crippen LogP) is 2.71. The lowest BCUT2D eigenvalue weighted by molar-refractivity contribution is -0.384. The first-order valence-electron chi connectivity index (χ1n) is 9.75. The fourth-order valence-electron chi connectivity index (χ4n) is 3.16. The van der Waals surface area contributed by atoms with Crippen molar-refractivity contribution in [3.8, 4) is 0 Å². The van der Waals surface area contributed by atoms with Gasteiger partial charge in [-0.2, -0.15) is 0 Å². The van der Waals surface area contributed by atoms with Gasteiger partial charge in [0.2, 0.25) is 11.8 Å². The lowest BCUT2D eigenvalue weighted by Crippen LogP contribution is -2.45. The van der Waals surface area contributed by atoms with Crippen LogP contribution in [0.25, 0.3) is 0 Å². The zero-order valence-corrected chi connectivity index (χ0v) is 17.0. The highest BCUT2D eigenvalue weighted by Gasteiger charge is 2.27. The van der Waals surface area contributed by atoms with Crippen LogP contribution in [-0.4, -0.2) is 47.3 Å². The summed E-state index contributed by atoms with van der Waals surface area (Å²) < 4.78 is 0. The summed E-state index contributed by atoms with van der Waals surface area (Å²) in [6, 6.07) is 4.53. The number of likely N-dealkylation sites (tertiary alicyclic amines) is 1. The molecule has 0 aliphatic carbocycles. The predicted molar refractivity (Wildman–Crippen MR) is 108 cm³/mol. The van der Waals surface area contributed by atoms with E-state index in [2.05, 4.69) is 24.5 Å². The molecule has 2 N–H and O–H groups in total. The number of non-ortho nitro benzene ring substituents is 1. The molecule has 1 aliphatic heterocycles. The van der Waals surface area contributed by atoms with Crippen LogP contribution in [0.4, 0.5) is 11.4 Å². The van der Waals surface area contributed by atoms with Crippen LogP contribution in [0.2, 0.25) is 0 Å². The van der Waals surface area contributed by atoms with Crippen molar-refractivity contribution in [1.82, 2.24) is 10.2 Å². The summed E-state index contributed by atoms with van der Waals surface area (Å²) in [7, 11) is 0. The van der Waals surface area contributed by atoms with Crippen LogP contribution < -0.4 is 10.6 Å². The number of aryl methyl sites for hydroxylation is 1. The van der Waals surface area contributed by atoms with Gasteiger partial charge in [0.25, 0.3) is 5.69 Å². The van der Waals surface area contributed by atoms with E-state index in [1.54, 1.807) is 13.0 Å². The highest BCUT2D eigenvalue weighted by atomic mass is 16.6. The Morgan fingerprint density at radius 1 is 1.25 bits per heavy atom. The summed E-state index contributed by atoms with van der Waals surface area (Å²) in [6.07, 6.45) is 1.47. The lowest BCUT2D eigenvalue weighted by Gasteiger charge is -2.31. The molecule has 1 saturated heterocycles. The number of hydrogen-bond acceptors (Lipinski definition) is 5. The zero-order valence-electron chi connectivity index (χ0n) is 17.0. The van der Waals surface area contributed by atoms with Gasteiger partial charge in [0.05, 0.1) is 11.5 Å². The second kappa shape index (κ2) is 9.64. The van der Waals surface area contributed by atoms with Gasteiger partial charge in [-0.05, 0) is 57.3 Å². The average molecular weight is 390 g/mol. The van der Waals surface area contributed by atoms with Gasteiger partial charge in [-0.15, -0.1) is 0 Å². The van der Waals surface area contributed by atoms with Gasteiger partial charge < -0.3 is 10.6 Å². The Bertz CT molecular complexity index is 727. The number of carbonyl (C=O) groups excluding carboxylic acids is 2. The Hall–Kier alpha value is -2.48.